The summed E-state index contributed by atoms with van der Waals surface area (Å²) >= 11 is 0. The van der Waals surface area contributed by atoms with E-state index in [9.17, 15) is 0 Å². The van der Waals surface area contributed by atoms with Crippen LogP contribution in [0, 0.1) is 6.92 Å². The fourth-order valence-corrected chi connectivity index (χ4v) is 2.19. The van der Waals surface area contributed by atoms with Gasteiger partial charge in [0.05, 0.1) is 0 Å². The van der Waals surface area contributed by atoms with Gasteiger partial charge in [-0.25, -0.2) is 0 Å². The highest BCUT2D eigenvalue weighted by Crippen LogP contribution is 2.18. The Morgan fingerprint density at radius 3 is 2.47 bits per heavy atom. The molecule has 2 rings (SSSR count). The van der Waals surface area contributed by atoms with Crippen LogP contribution in [0.4, 0.5) is 0 Å². The minimum atomic E-state index is 0.0218. The normalized spacial score (nSPS) is 12.0. The van der Waals surface area contributed by atoms with Gasteiger partial charge in [-0.05, 0) is 50.1 Å². The van der Waals surface area contributed by atoms with Crippen LogP contribution in [0.15, 0.2) is 36.4 Å². The highest BCUT2D eigenvalue weighted by Gasteiger charge is 2.13. The van der Waals surface area contributed by atoms with Crippen molar-refractivity contribution in [2.75, 3.05) is 13.1 Å². The molecule has 0 saturated heterocycles. The first-order chi connectivity index (χ1) is 9.00. The average molecular weight is 256 g/mol. The smallest absolute Gasteiger partial charge is 0.0247 e. The second kappa shape index (κ2) is 5.72. The number of hydrogen-bond donors (Lipinski definition) is 2. The van der Waals surface area contributed by atoms with Crippen molar-refractivity contribution >= 4 is 10.8 Å². The van der Waals surface area contributed by atoms with Crippen LogP contribution in [0.5, 0.6) is 0 Å². The zero-order valence-electron chi connectivity index (χ0n) is 12.2. The van der Waals surface area contributed by atoms with Crippen molar-refractivity contribution in [2.45, 2.75) is 32.7 Å². The summed E-state index contributed by atoms with van der Waals surface area (Å²) in [7, 11) is 0. The van der Waals surface area contributed by atoms with E-state index in [0.29, 0.717) is 6.54 Å². The van der Waals surface area contributed by atoms with Crippen molar-refractivity contribution in [2.24, 2.45) is 5.73 Å². The van der Waals surface area contributed by atoms with Crippen LogP contribution in [-0.4, -0.2) is 18.6 Å². The molecule has 0 aliphatic rings. The molecule has 0 unspecified atom stereocenters. The Kier molecular flexibility index (Phi) is 4.23. The van der Waals surface area contributed by atoms with Gasteiger partial charge in [-0.3, -0.25) is 0 Å². The van der Waals surface area contributed by atoms with Gasteiger partial charge in [0, 0.05) is 12.1 Å². The maximum Gasteiger partial charge on any atom is 0.0247 e. The summed E-state index contributed by atoms with van der Waals surface area (Å²) in [5, 5.41) is 6.13. The molecule has 0 aliphatic carbocycles. The van der Waals surface area contributed by atoms with Gasteiger partial charge < -0.3 is 11.1 Å². The van der Waals surface area contributed by atoms with Crippen LogP contribution in [0.25, 0.3) is 10.8 Å². The quantitative estimate of drug-likeness (QED) is 0.863. The molecular formula is C17H24N2. The second-order valence-electron chi connectivity index (χ2n) is 5.95. The number of benzene rings is 2. The van der Waals surface area contributed by atoms with Crippen LogP contribution in [0.2, 0.25) is 0 Å². The monoisotopic (exact) mass is 256 g/mol. The number of nitrogens with one attached hydrogen (secondary N) is 1. The van der Waals surface area contributed by atoms with E-state index in [-0.39, 0.29) is 5.54 Å². The van der Waals surface area contributed by atoms with Crippen molar-refractivity contribution in [1.29, 1.82) is 0 Å². The van der Waals surface area contributed by atoms with Crippen molar-refractivity contribution in [3.63, 3.8) is 0 Å². The Bertz CT molecular complexity index is 558. The Morgan fingerprint density at radius 2 is 1.74 bits per heavy atom. The van der Waals surface area contributed by atoms with E-state index < -0.39 is 0 Å². The van der Waals surface area contributed by atoms with E-state index in [2.05, 4.69) is 62.5 Å². The van der Waals surface area contributed by atoms with Crippen LogP contribution >= 0.6 is 0 Å². The van der Waals surface area contributed by atoms with Crippen LogP contribution in [-0.2, 0) is 6.42 Å². The van der Waals surface area contributed by atoms with Crippen LogP contribution in [0.1, 0.15) is 25.0 Å². The molecule has 0 saturated carbocycles. The molecule has 3 N–H and O–H groups in total. The molecule has 2 aromatic carbocycles. The van der Waals surface area contributed by atoms with E-state index >= 15 is 0 Å². The fourth-order valence-electron chi connectivity index (χ4n) is 2.19. The third-order valence-corrected chi connectivity index (χ3v) is 3.59. The van der Waals surface area contributed by atoms with Crippen molar-refractivity contribution in [1.82, 2.24) is 5.32 Å². The van der Waals surface area contributed by atoms with Crippen LogP contribution in [0.3, 0.4) is 0 Å². The summed E-state index contributed by atoms with van der Waals surface area (Å²) < 4.78 is 0. The summed E-state index contributed by atoms with van der Waals surface area (Å²) in [5.74, 6) is 0. The predicted octanol–water partition coefficient (Wildman–Crippen LogP) is 3.02. The lowest BCUT2D eigenvalue weighted by Crippen LogP contribution is -2.46. The van der Waals surface area contributed by atoms with Gasteiger partial charge in [0.15, 0.2) is 0 Å². The molecule has 2 nitrogen and oxygen atoms in total. The molecule has 19 heavy (non-hydrogen) atoms. The van der Waals surface area contributed by atoms with E-state index in [1.807, 2.05) is 0 Å². The second-order valence-corrected chi connectivity index (χ2v) is 5.95. The Balaban J connectivity index is 2.04. The summed E-state index contributed by atoms with van der Waals surface area (Å²) in [6.45, 7) is 8.02. The van der Waals surface area contributed by atoms with Gasteiger partial charge in [-0.1, -0.05) is 42.0 Å². The third kappa shape index (κ3) is 3.79. The first kappa shape index (κ1) is 14.0. The number of rotatable bonds is 5. The predicted molar refractivity (Wildman–Crippen MR) is 83.5 cm³/mol. The zero-order chi connectivity index (χ0) is 13.9. The largest absolute Gasteiger partial charge is 0.329 e. The van der Waals surface area contributed by atoms with E-state index in [1.165, 1.54) is 21.9 Å². The molecule has 0 aromatic heterocycles. The van der Waals surface area contributed by atoms with Gasteiger partial charge in [0.1, 0.15) is 0 Å². The van der Waals surface area contributed by atoms with Crippen molar-refractivity contribution in [3.05, 3.63) is 47.5 Å². The van der Waals surface area contributed by atoms with Crippen LogP contribution < -0.4 is 11.1 Å². The maximum atomic E-state index is 5.71. The highest BCUT2D eigenvalue weighted by atomic mass is 15.0. The van der Waals surface area contributed by atoms with Gasteiger partial charge in [-0.2, -0.15) is 0 Å². The first-order valence-corrected chi connectivity index (χ1v) is 6.94. The lowest BCUT2D eigenvalue weighted by Gasteiger charge is -2.24. The Hall–Kier alpha value is -1.38. The lowest BCUT2D eigenvalue weighted by atomic mass is 10.0. The zero-order valence-corrected chi connectivity index (χ0v) is 12.2. The minimum absolute atomic E-state index is 0.0218. The van der Waals surface area contributed by atoms with Gasteiger partial charge >= 0.3 is 0 Å². The van der Waals surface area contributed by atoms with E-state index in [0.717, 1.165) is 13.0 Å². The average Bonchev–Trinajstić information content (AvgIpc) is 2.39. The fraction of sp³-hybridized carbons (Fsp3) is 0.412. The number of hydrogen-bond acceptors (Lipinski definition) is 2. The van der Waals surface area contributed by atoms with Crippen molar-refractivity contribution in [3.8, 4) is 0 Å². The summed E-state index contributed by atoms with van der Waals surface area (Å²) in [6.07, 6.45) is 1.03. The minimum Gasteiger partial charge on any atom is -0.329 e. The molecule has 0 atom stereocenters. The molecule has 0 amide bonds. The Labute approximate surface area is 116 Å². The lowest BCUT2D eigenvalue weighted by molar-refractivity contribution is 0.402. The SMILES string of the molecule is Cc1ccc2cc(CCNC(C)(C)CN)ccc2c1. The molecular weight excluding hydrogens is 232 g/mol. The molecule has 0 spiro atoms. The molecule has 2 aromatic rings. The van der Waals surface area contributed by atoms with E-state index in [1.54, 1.807) is 0 Å². The third-order valence-electron chi connectivity index (χ3n) is 3.59. The molecule has 2 heteroatoms. The Morgan fingerprint density at radius 1 is 1.05 bits per heavy atom. The molecule has 102 valence electrons. The number of aryl methyl sites for hydroxylation is 1. The molecule has 0 radical (unpaired) electrons. The summed E-state index contributed by atoms with van der Waals surface area (Å²) in [5.41, 5.74) is 8.42. The first-order valence-electron chi connectivity index (χ1n) is 6.94. The number of fused-ring (bicyclic) bond motifs is 1. The topological polar surface area (TPSA) is 38.0 Å². The van der Waals surface area contributed by atoms with E-state index in [4.69, 9.17) is 5.73 Å². The summed E-state index contributed by atoms with van der Waals surface area (Å²) in [4.78, 5) is 0. The van der Waals surface area contributed by atoms with Gasteiger partial charge in [-0.15, -0.1) is 0 Å². The number of nitrogens with two attached hydrogens (primary N) is 1. The van der Waals surface area contributed by atoms with Gasteiger partial charge in [0.2, 0.25) is 0 Å². The standard InChI is InChI=1S/C17H24N2/c1-13-4-6-16-11-14(5-7-15(16)10-13)8-9-19-17(2,3)12-18/h4-7,10-11,19H,8-9,12,18H2,1-3H3. The van der Waals surface area contributed by atoms with Crippen molar-refractivity contribution < 1.29 is 0 Å². The molecule has 0 aliphatic heterocycles. The maximum absolute atomic E-state index is 5.71. The highest BCUT2D eigenvalue weighted by molar-refractivity contribution is 5.83. The molecule has 0 heterocycles. The van der Waals surface area contributed by atoms with Gasteiger partial charge in [0.25, 0.3) is 0 Å². The molecule has 0 fully saturated rings. The molecule has 0 bridgehead atoms. The summed E-state index contributed by atoms with van der Waals surface area (Å²) in [6, 6.07) is 13.3.